The van der Waals surface area contributed by atoms with Gasteiger partial charge < -0.3 is 19.4 Å². The summed E-state index contributed by atoms with van der Waals surface area (Å²) in [5.74, 6) is 1.70. The maximum Gasteiger partial charge on any atom is 0.325 e. The molecule has 1 spiro atoms. The maximum absolute atomic E-state index is 13.8. The molecule has 194 valence electrons. The van der Waals surface area contributed by atoms with Gasteiger partial charge in [0.2, 0.25) is 0 Å². The molecule has 1 atom stereocenters. The number of benzene rings is 2. The molecule has 3 aliphatic rings. The molecule has 1 aromatic heterocycles. The smallest absolute Gasteiger partial charge is 0.325 e. The van der Waals surface area contributed by atoms with Gasteiger partial charge in [0, 0.05) is 66.5 Å². The van der Waals surface area contributed by atoms with Crippen LogP contribution in [0, 0.1) is 0 Å². The van der Waals surface area contributed by atoms with Gasteiger partial charge in [-0.05, 0) is 43.0 Å². The molecule has 37 heavy (non-hydrogen) atoms. The van der Waals surface area contributed by atoms with Crippen LogP contribution in [0.5, 0.6) is 11.5 Å². The maximum atomic E-state index is 13.8. The molecule has 0 bridgehead atoms. The van der Waals surface area contributed by atoms with Crippen molar-refractivity contribution in [2.45, 2.75) is 51.2 Å². The number of urea groups is 1. The number of nitrogens with zero attached hydrogens (tertiary/aromatic N) is 3. The Morgan fingerprint density at radius 3 is 2.62 bits per heavy atom. The van der Waals surface area contributed by atoms with E-state index in [9.17, 15) is 4.79 Å². The summed E-state index contributed by atoms with van der Waals surface area (Å²) >= 11 is 0. The van der Waals surface area contributed by atoms with Crippen LogP contribution in [0.25, 0.3) is 10.9 Å². The van der Waals surface area contributed by atoms with Crippen LogP contribution in [-0.4, -0.2) is 65.1 Å². The fraction of sp³-hybridized carbons (Fsp3) is 0.433. The first-order valence-electron chi connectivity index (χ1n) is 13.3. The second-order valence-corrected chi connectivity index (χ2v) is 10.5. The number of nitrogens with one attached hydrogen (secondary N) is 1. The van der Waals surface area contributed by atoms with Crippen LogP contribution < -0.4 is 9.47 Å². The molecule has 2 fully saturated rings. The lowest BCUT2D eigenvalue weighted by molar-refractivity contribution is 0.0890. The fourth-order valence-electron chi connectivity index (χ4n) is 6.85. The van der Waals surface area contributed by atoms with Gasteiger partial charge in [-0.25, -0.2) is 4.79 Å². The second-order valence-electron chi connectivity index (χ2n) is 10.5. The first-order valence-corrected chi connectivity index (χ1v) is 13.3. The quantitative estimate of drug-likeness (QED) is 0.504. The zero-order valence-electron chi connectivity index (χ0n) is 22.2. The number of allylic oxidation sites excluding steroid dienone is 1. The third-order valence-corrected chi connectivity index (χ3v) is 8.66. The number of likely N-dealkylation sites (tertiary alicyclic amines) is 1. The minimum absolute atomic E-state index is 0.112. The summed E-state index contributed by atoms with van der Waals surface area (Å²) in [5.41, 5.74) is 5.65. The van der Waals surface area contributed by atoms with E-state index in [1.807, 2.05) is 11.0 Å². The molecule has 6 rings (SSSR count). The highest BCUT2D eigenvalue weighted by Crippen LogP contribution is 2.49. The molecule has 7 nitrogen and oxygen atoms in total. The Kier molecular flexibility index (Phi) is 5.91. The number of likely N-dealkylation sites (N-methyl/N-ethyl adjacent to an activating group) is 1. The molecule has 1 N–H and O–H groups in total. The second kappa shape index (κ2) is 9.14. The van der Waals surface area contributed by atoms with Crippen molar-refractivity contribution < 1.29 is 14.3 Å². The van der Waals surface area contributed by atoms with Crippen molar-refractivity contribution in [3.05, 3.63) is 71.1 Å². The molecule has 0 aliphatic carbocycles. The van der Waals surface area contributed by atoms with Crippen molar-refractivity contribution in [2.75, 3.05) is 33.9 Å². The Bertz CT molecular complexity index is 1370. The lowest BCUT2D eigenvalue weighted by Crippen LogP contribution is -2.53. The van der Waals surface area contributed by atoms with Crippen molar-refractivity contribution in [3.8, 4) is 11.5 Å². The third-order valence-electron chi connectivity index (χ3n) is 8.66. The molecule has 7 heteroatoms. The SMILES string of the molecule is CCN1C(=O)N2Cc3cc(OC)cc(OC)c3C(C)C=C2C12CCN(Cc1c[nH]c3ccccc13)CC2. The lowest BCUT2D eigenvalue weighted by atomic mass is 9.82. The van der Waals surface area contributed by atoms with E-state index in [4.69, 9.17) is 9.47 Å². The Morgan fingerprint density at radius 1 is 1.11 bits per heavy atom. The molecule has 0 radical (unpaired) electrons. The number of fused-ring (bicyclic) bond motifs is 4. The predicted octanol–water partition coefficient (Wildman–Crippen LogP) is 5.48. The summed E-state index contributed by atoms with van der Waals surface area (Å²) in [4.78, 5) is 23.9. The third kappa shape index (κ3) is 3.71. The van der Waals surface area contributed by atoms with Gasteiger partial charge in [-0.2, -0.15) is 0 Å². The molecule has 3 aliphatic heterocycles. The largest absolute Gasteiger partial charge is 0.497 e. The normalized spacial score (nSPS) is 21.1. The van der Waals surface area contributed by atoms with Gasteiger partial charge in [-0.1, -0.05) is 31.2 Å². The van der Waals surface area contributed by atoms with Crippen molar-refractivity contribution in [1.82, 2.24) is 19.7 Å². The van der Waals surface area contributed by atoms with E-state index in [0.29, 0.717) is 13.1 Å². The minimum Gasteiger partial charge on any atom is -0.497 e. The number of amides is 2. The number of H-pyrrole nitrogens is 1. The Balaban J connectivity index is 1.31. The van der Waals surface area contributed by atoms with Crippen LogP contribution in [0.4, 0.5) is 4.79 Å². The number of hydrogen-bond acceptors (Lipinski definition) is 4. The van der Waals surface area contributed by atoms with Gasteiger partial charge in [0.25, 0.3) is 0 Å². The van der Waals surface area contributed by atoms with E-state index in [2.05, 4.69) is 71.2 Å². The predicted molar refractivity (Wildman–Crippen MR) is 145 cm³/mol. The number of carbonyl (C=O) groups excluding carboxylic acids is 1. The number of para-hydroxylation sites is 1. The van der Waals surface area contributed by atoms with Crippen LogP contribution in [0.15, 0.2) is 54.4 Å². The molecule has 1 unspecified atom stereocenters. The van der Waals surface area contributed by atoms with E-state index < -0.39 is 0 Å². The molecule has 4 heterocycles. The summed E-state index contributed by atoms with van der Waals surface area (Å²) in [6, 6.07) is 12.6. The summed E-state index contributed by atoms with van der Waals surface area (Å²) in [7, 11) is 3.37. The fourth-order valence-corrected chi connectivity index (χ4v) is 6.85. The van der Waals surface area contributed by atoms with E-state index in [1.54, 1.807) is 14.2 Å². The van der Waals surface area contributed by atoms with Crippen LogP contribution in [0.2, 0.25) is 0 Å². The van der Waals surface area contributed by atoms with Gasteiger partial charge in [-0.15, -0.1) is 0 Å². The molecule has 2 amide bonds. The number of carbonyl (C=O) groups is 1. The average molecular weight is 501 g/mol. The van der Waals surface area contributed by atoms with E-state index >= 15 is 0 Å². The molecule has 2 saturated heterocycles. The summed E-state index contributed by atoms with van der Waals surface area (Å²) in [5, 5.41) is 1.29. The molecule has 3 aromatic rings. The number of methoxy groups -OCH3 is 2. The van der Waals surface area contributed by atoms with Crippen molar-refractivity contribution >= 4 is 16.9 Å². The van der Waals surface area contributed by atoms with Crippen molar-refractivity contribution in [1.29, 1.82) is 0 Å². The van der Waals surface area contributed by atoms with Crippen LogP contribution in [-0.2, 0) is 13.1 Å². The molecular formula is C30H36N4O3. The number of aromatic nitrogens is 1. The molecule has 0 saturated carbocycles. The summed E-state index contributed by atoms with van der Waals surface area (Å²) < 4.78 is 11.3. The summed E-state index contributed by atoms with van der Waals surface area (Å²) in [6.45, 7) is 8.38. The van der Waals surface area contributed by atoms with E-state index in [-0.39, 0.29) is 17.5 Å². The van der Waals surface area contributed by atoms with Crippen molar-refractivity contribution in [3.63, 3.8) is 0 Å². The van der Waals surface area contributed by atoms with Gasteiger partial charge in [-0.3, -0.25) is 9.80 Å². The Labute approximate surface area is 218 Å². The number of rotatable bonds is 5. The van der Waals surface area contributed by atoms with Crippen molar-refractivity contribution in [2.24, 2.45) is 0 Å². The lowest BCUT2D eigenvalue weighted by Gasteiger charge is -2.44. The highest BCUT2D eigenvalue weighted by atomic mass is 16.5. The zero-order valence-corrected chi connectivity index (χ0v) is 22.2. The van der Waals surface area contributed by atoms with Crippen LogP contribution in [0.1, 0.15) is 49.3 Å². The first-order chi connectivity index (χ1) is 18.0. The number of hydrogen-bond donors (Lipinski definition) is 1. The standard InChI is InChI=1S/C30H36N4O3/c1-5-34-29(35)33-19-21-15-23(36-3)16-26(37-4)28(21)20(2)14-27(33)30(34)10-12-32(13-11-30)18-22-17-31-25-9-7-6-8-24(22)25/h6-9,14-17,20,31H,5,10-13,18-19H2,1-4H3. The Morgan fingerprint density at radius 2 is 1.89 bits per heavy atom. The van der Waals surface area contributed by atoms with E-state index in [1.165, 1.54) is 16.5 Å². The average Bonchev–Trinajstić information content (AvgIpc) is 3.35. The summed E-state index contributed by atoms with van der Waals surface area (Å²) in [6.07, 6.45) is 6.33. The Hall–Kier alpha value is -3.45. The first kappa shape index (κ1) is 23.9. The van der Waals surface area contributed by atoms with Crippen LogP contribution >= 0.6 is 0 Å². The van der Waals surface area contributed by atoms with E-state index in [0.717, 1.165) is 60.8 Å². The monoisotopic (exact) mass is 500 g/mol. The molecular weight excluding hydrogens is 464 g/mol. The number of piperidine rings is 1. The van der Waals surface area contributed by atoms with Gasteiger partial charge in [0.15, 0.2) is 0 Å². The topological polar surface area (TPSA) is 61.0 Å². The minimum atomic E-state index is -0.268. The number of aromatic amines is 1. The number of ether oxygens (including phenoxy) is 2. The van der Waals surface area contributed by atoms with Gasteiger partial charge in [0.1, 0.15) is 11.5 Å². The zero-order chi connectivity index (χ0) is 25.7. The van der Waals surface area contributed by atoms with Gasteiger partial charge >= 0.3 is 6.03 Å². The van der Waals surface area contributed by atoms with Crippen LogP contribution in [0.3, 0.4) is 0 Å². The molecule has 2 aromatic carbocycles. The van der Waals surface area contributed by atoms with Gasteiger partial charge in [0.05, 0.1) is 26.3 Å². The highest BCUT2D eigenvalue weighted by Gasteiger charge is 2.54. The highest BCUT2D eigenvalue weighted by molar-refractivity contribution is 5.84.